The molecule has 0 unspecified atom stereocenters. The number of hydrogen-bond donors (Lipinski definition) is 0. The van der Waals surface area contributed by atoms with Crippen molar-refractivity contribution in [3.8, 4) is 0 Å². The minimum atomic E-state index is -0.935. The van der Waals surface area contributed by atoms with Crippen LogP contribution in [-0.4, -0.2) is 37.2 Å². The minimum absolute atomic E-state index is 0.173. The summed E-state index contributed by atoms with van der Waals surface area (Å²) in [4.78, 5) is 31.8. The van der Waals surface area contributed by atoms with Gasteiger partial charge < -0.3 is 14.2 Å². The summed E-state index contributed by atoms with van der Waals surface area (Å²) in [5, 5.41) is 0. The minimum Gasteiger partial charge on any atom is -0.462 e. The predicted molar refractivity (Wildman–Crippen MR) is 58.1 cm³/mol. The Morgan fingerprint density at radius 2 is 1.94 bits per heavy atom. The summed E-state index contributed by atoms with van der Waals surface area (Å²) in [7, 11) is 0. The smallest absolute Gasteiger partial charge is 0.303 e. The molecule has 0 N–H and O–H groups in total. The largest absolute Gasteiger partial charge is 0.462 e. The lowest BCUT2D eigenvalue weighted by atomic mass is 10.2. The molecule has 17 heavy (non-hydrogen) atoms. The van der Waals surface area contributed by atoms with Crippen molar-refractivity contribution in [1.29, 1.82) is 0 Å². The zero-order valence-corrected chi connectivity index (χ0v) is 10.2. The van der Waals surface area contributed by atoms with Gasteiger partial charge in [0.25, 0.3) is 6.47 Å². The fraction of sp³-hybridized carbons (Fsp3) is 0.500. The summed E-state index contributed by atoms with van der Waals surface area (Å²) in [5.74, 6) is -1.12. The molecule has 0 rings (SSSR count). The first-order valence-electron chi connectivity index (χ1n) is 4.67. The zero-order valence-electron chi connectivity index (χ0n) is 9.42. The maximum absolute atomic E-state index is 10.8. The van der Waals surface area contributed by atoms with Crippen LogP contribution in [0.5, 0.6) is 0 Å². The Labute approximate surface area is 103 Å². The van der Waals surface area contributed by atoms with Gasteiger partial charge in [0.05, 0.1) is 0 Å². The van der Waals surface area contributed by atoms with Gasteiger partial charge in [0.1, 0.15) is 6.61 Å². The molecule has 0 radical (unpaired) electrons. The third kappa shape index (κ3) is 7.35. The molecular weight excluding hydrogens is 252 g/mol. The van der Waals surface area contributed by atoms with Crippen LogP contribution in [0.25, 0.3) is 0 Å². The van der Waals surface area contributed by atoms with Crippen molar-refractivity contribution in [1.82, 2.24) is 0 Å². The highest BCUT2D eigenvalue weighted by Gasteiger charge is 2.24. The molecule has 0 aliphatic rings. The number of carbonyl (C=O) groups is 3. The number of esters is 2. The molecule has 0 bridgehead atoms. The quantitative estimate of drug-likeness (QED) is 0.384. The average molecular weight is 265 g/mol. The maximum atomic E-state index is 10.8. The van der Waals surface area contributed by atoms with Gasteiger partial charge in [-0.05, 0) is 6.08 Å². The van der Waals surface area contributed by atoms with Gasteiger partial charge in [-0.25, -0.2) is 0 Å². The van der Waals surface area contributed by atoms with E-state index < -0.39 is 24.1 Å². The lowest BCUT2D eigenvalue weighted by molar-refractivity contribution is -0.163. The molecular formula is C10H13ClO6. The van der Waals surface area contributed by atoms with Crippen molar-refractivity contribution < 1.29 is 28.6 Å². The van der Waals surface area contributed by atoms with E-state index in [0.29, 0.717) is 0 Å². The van der Waals surface area contributed by atoms with E-state index in [-0.39, 0.29) is 13.1 Å². The third-order valence-electron chi connectivity index (χ3n) is 1.61. The first-order valence-corrected chi connectivity index (χ1v) is 5.11. The molecule has 0 aromatic heterocycles. The lowest BCUT2D eigenvalue weighted by Gasteiger charge is -2.22. The second kappa shape index (κ2) is 8.58. The highest BCUT2D eigenvalue weighted by Crippen LogP contribution is 2.08. The monoisotopic (exact) mass is 264 g/mol. The van der Waals surface area contributed by atoms with Crippen LogP contribution in [0.3, 0.4) is 0 Å². The van der Waals surface area contributed by atoms with Gasteiger partial charge in [-0.2, -0.15) is 0 Å². The van der Waals surface area contributed by atoms with Gasteiger partial charge in [0.2, 0.25) is 0 Å². The average Bonchev–Trinajstić information content (AvgIpc) is 2.22. The Hall–Kier alpha value is -1.56. The highest BCUT2D eigenvalue weighted by atomic mass is 35.5. The van der Waals surface area contributed by atoms with Gasteiger partial charge in [0, 0.05) is 19.4 Å². The molecule has 7 heteroatoms. The summed E-state index contributed by atoms with van der Waals surface area (Å²) in [6.07, 6.45) is -0.537. The molecule has 0 spiro atoms. The normalized spacial score (nSPS) is 13.8. The van der Waals surface area contributed by atoms with Crippen LogP contribution in [0, 0.1) is 0 Å². The van der Waals surface area contributed by atoms with Gasteiger partial charge in [-0.1, -0.05) is 11.6 Å². The van der Waals surface area contributed by atoms with E-state index in [0.717, 1.165) is 5.54 Å². The predicted octanol–water partition coefficient (Wildman–Crippen LogP) is 0.775. The van der Waals surface area contributed by atoms with Crippen molar-refractivity contribution in [2.75, 3.05) is 6.61 Å². The molecule has 0 aromatic carbocycles. The maximum Gasteiger partial charge on any atom is 0.303 e. The summed E-state index contributed by atoms with van der Waals surface area (Å²) in [5.41, 5.74) is 1.11. The fourth-order valence-corrected chi connectivity index (χ4v) is 1.13. The van der Waals surface area contributed by atoms with Crippen molar-refractivity contribution in [2.24, 2.45) is 0 Å². The van der Waals surface area contributed by atoms with Crippen LogP contribution in [0.4, 0.5) is 0 Å². The Balaban J connectivity index is 4.61. The van der Waals surface area contributed by atoms with Crippen molar-refractivity contribution in [2.45, 2.75) is 26.1 Å². The summed E-state index contributed by atoms with van der Waals surface area (Å²) < 4.78 is 14.2. The van der Waals surface area contributed by atoms with E-state index >= 15 is 0 Å². The van der Waals surface area contributed by atoms with E-state index in [2.05, 4.69) is 9.47 Å². The fourth-order valence-electron chi connectivity index (χ4n) is 0.985. The van der Waals surface area contributed by atoms with Crippen LogP contribution >= 0.6 is 11.6 Å². The Bertz CT molecular complexity index is 301. The number of rotatable bonds is 7. The zero-order chi connectivity index (χ0) is 13.3. The molecule has 2 atom stereocenters. The molecule has 96 valence electrons. The van der Waals surface area contributed by atoms with Gasteiger partial charge in [-0.3, -0.25) is 14.4 Å². The van der Waals surface area contributed by atoms with Gasteiger partial charge in [0.15, 0.2) is 12.2 Å². The van der Waals surface area contributed by atoms with Crippen molar-refractivity contribution in [3.05, 3.63) is 11.6 Å². The molecule has 0 aromatic rings. The molecule has 0 fully saturated rings. The standard InChI is InChI=1S/C10H13ClO6/c1-7(13)15-5-10(16-6-12)9(3-4-11)17-8(2)14/h3-4,6,9-10H,5H2,1-2H3/b4-3-/t9-,10+/m0/s1. The van der Waals surface area contributed by atoms with Crippen LogP contribution in [0.1, 0.15) is 13.8 Å². The molecule has 0 aliphatic heterocycles. The molecule has 0 saturated heterocycles. The number of ether oxygens (including phenoxy) is 3. The van der Waals surface area contributed by atoms with E-state index in [1.807, 2.05) is 0 Å². The Morgan fingerprint density at radius 1 is 1.29 bits per heavy atom. The molecule has 6 nitrogen and oxygen atoms in total. The molecule has 0 saturated carbocycles. The van der Waals surface area contributed by atoms with Gasteiger partial charge in [-0.15, -0.1) is 0 Å². The first kappa shape index (κ1) is 15.4. The third-order valence-corrected chi connectivity index (χ3v) is 1.76. The van der Waals surface area contributed by atoms with E-state index in [4.69, 9.17) is 16.3 Å². The highest BCUT2D eigenvalue weighted by molar-refractivity contribution is 6.25. The van der Waals surface area contributed by atoms with Crippen molar-refractivity contribution >= 4 is 30.0 Å². The van der Waals surface area contributed by atoms with Gasteiger partial charge >= 0.3 is 11.9 Å². The number of carbonyl (C=O) groups excluding carboxylic acids is 3. The molecule has 0 amide bonds. The summed E-state index contributed by atoms with van der Waals surface area (Å²) in [6, 6.07) is 0. The van der Waals surface area contributed by atoms with Crippen LogP contribution in [0.15, 0.2) is 11.6 Å². The SMILES string of the molecule is CC(=O)OC[C@@H](OC=O)[C@H](/C=C\Cl)OC(C)=O. The van der Waals surface area contributed by atoms with Crippen LogP contribution in [-0.2, 0) is 28.6 Å². The van der Waals surface area contributed by atoms with E-state index in [1.54, 1.807) is 0 Å². The van der Waals surface area contributed by atoms with Crippen molar-refractivity contribution in [3.63, 3.8) is 0 Å². The topological polar surface area (TPSA) is 78.9 Å². The van der Waals surface area contributed by atoms with E-state index in [1.165, 1.54) is 19.9 Å². The summed E-state index contributed by atoms with van der Waals surface area (Å²) in [6.45, 7) is 2.34. The first-order chi connectivity index (χ1) is 8.01. The van der Waals surface area contributed by atoms with E-state index in [9.17, 15) is 14.4 Å². The second-order valence-corrected chi connectivity index (χ2v) is 3.22. The van der Waals surface area contributed by atoms with Crippen LogP contribution in [0.2, 0.25) is 0 Å². The summed E-state index contributed by atoms with van der Waals surface area (Å²) >= 11 is 5.36. The Morgan fingerprint density at radius 3 is 2.35 bits per heavy atom. The number of halogens is 1. The second-order valence-electron chi connectivity index (χ2n) is 2.97. The molecule has 0 aliphatic carbocycles. The Kier molecular flexibility index (Phi) is 7.79. The van der Waals surface area contributed by atoms with Crippen LogP contribution < -0.4 is 0 Å². The molecule has 0 heterocycles. The lowest BCUT2D eigenvalue weighted by Crippen LogP contribution is -2.35. The number of hydrogen-bond acceptors (Lipinski definition) is 6.